The highest BCUT2D eigenvalue weighted by molar-refractivity contribution is 6.32. The molecule has 2 aromatic carbocycles. The highest BCUT2D eigenvalue weighted by Gasteiger charge is 2.21. The summed E-state index contributed by atoms with van der Waals surface area (Å²) in [5.41, 5.74) is 1.51. The van der Waals surface area contributed by atoms with Gasteiger partial charge in [0.1, 0.15) is 22.7 Å². The number of benzene rings is 2. The van der Waals surface area contributed by atoms with E-state index in [1.54, 1.807) is 6.08 Å². The van der Waals surface area contributed by atoms with Gasteiger partial charge in [0, 0.05) is 23.7 Å². The second-order valence-electron chi connectivity index (χ2n) is 9.80. The second kappa shape index (κ2) is 12.9. The number of hydrogen-bond donors (Lipinski definition) is 1. The van der Waals surface area contributed by atoms with Gasteiger partial charge >= 0.3 is 0 Å². The van der Waals surface area contributed by atoms with Gasteiger partial charge in [0.25, 0.3) is 0 Å². The van der Waals surface area contributed by atoms with Crippen LogP contribution in [0.1, 0.15) is 78.4 Å². The molecule has 0 saturated carbocycles. The van der Waals surface area contributed by atoms with Gasteiger partial charge in [-0.15, -0.1) is 0 Å². The second-order valence-corrected chi connectivity index (χ2v) is 10.2. The van der Waals surface area contributed by atoms with Crippen molar-refractivity contribution >= 4 is 23.6 Å². The maximum Gasteiger partial charge on any atom is 0.243 e. The van der Waals surface area contributed by atoms with Crippen LogP contribution in [0.5, 0.6) is 11.5 Å². The lowest BCUT2D eigenvalue weighted by molar-refractivity contribution is -0.116. The van der Waals surface area contributed by atoms with Crippen molar-refractivity contribution in [2.75, 3.05) is 6.54 Å². The highest BCUT2D eigenvalue weighted by atomic mass is 35.5. The number of halogens is 1. The number of rotatable bonds is 13. The van der Waals surface area contributed by atoms with Crippen molar-refractivity contribution in [2.45, 2.75) is 84.8 Å². The van der Waals surface area contributed by atoms with E-state index >= 15 is 0 Å². The molecule has 0 fully saturated rings. The number of unbranched alkanes of at least 4 members (excludes halogenated alkanes) is 1. The Labute approximate surface area is 210 Å². The minimum absolute atomic E-state index is 0.117. The Hall–Kier alpha value is -2.46. The molecule has 0 aliphatic heterocycles. The molecule has 5 heteroatoms. The fourth-order valence-corrected chi connectivity index (χ4v) is 3.35. The Morgan fingerprint density at radius 3 is 2.32 bits per heavy atom. The van der Waals surface area contributed by atoms with Crippen molar-refractivity contribution in [1.29, 1.82) is 0 Å². The van der Waals surface area contributed by atoms with E-state index in [1.807, 2.05) is 36.4 Å². The zero-order chi connectivity index (χ0) is 25.2. The molecule has 2 aromatic rings. The Morgan fingerprint density at radius 2 is 1.65 bits per heavy atom. The van der Waals surface area contributed by atoms with Gasteiger partial charge in [-0.2, -0.15) is 0 Å². The normalized spacial score (nSPS) is 12.1. The Kier molecular flexibility index (Phi) is 10.5. The monoisotopic (exact) mass is 485 g/mol. The van der Waals surface area contributed by atoms with E-state index < -0.39 is 0 Å². The Morgan fingerprint density at radius 1 is 0.971 bits per heavy atom. The standard InChI is InChI=1S/C29H40ClNO3/c1-7-28(3,4)33-24-18-16-23(26(21-24)34-29(5,6)8-2)14-11-12-20-31-27(32)19-17-22-13-9-10-15-25(22)30/h9-10,13,15-19,21H,7-8,11-12,14,20H2,1-6H3,(H,31,32)/b19-17+. The van der Waals surface area contributed by atoms with Crippen molar-refractivity contribution in [2.24, 2.45) is 0 Å². The third-order valence-electron chi connectivity index (χ3n) is 6.01. The van der Waals surface area contributed by atoms with Crippen molar-refractivity contribution in [3.05, 3.63) is 64.7 Å². The molecular weight excluding hydrogens is 446 g/mol. The number of amides is 1. The van der Waals surface area contributed by atoms with Gasteiger partial charge in [0.15, 0.2) is 0 Å². The third kappa shape index (κ3) is 9.42. The number of carbonyl (C=O) groups is 1. The molecule has 0 aliphatic rings. The van der Waals surface area contributed by atoms with E-state index in [1.165, 1.54) is 6.08 Å². The van der Waals surface area contributed by atoms with Crippen LogP contribution >= 0.6 is 11.6 Å². The first kappa shape index (κ1) is 27.8. The number of nitrogens with one attached hydrogen (secondary N) is 1. The smallest absolute Gasteiger partial charge is 0.243 e. The highest BCUT2D eigenvalue weighted by Crippen LogP contribution is 2.32. The summed E-state index contributed by atoms with van der Waals surface area (Å²) in [6.07, 6.45) is 7.78. The molecule has 0 radical (unpaired) electrons. The quantitative estimate of drug-likeness (QED) is 0.234. The van der Waals surface area contributed by atoms with Crippen molar-refractivity contribution in [3.8, 4) is 11.5 Å². The summed E-state index contributed by atoms with van der Waals surface area (Å²) in [5.74, 6) is 1.59. The van der Waals surface area contributed by atoms with Crippen LogP contribution in [0.25, 0.3) is 6.08 Å². The van der Waals surface area contributed by atoms with Crippen LogP contribution in [-0.4, -0.2) is 23.7 Å². The molecule has 0 aromatic heterocycles. The molecule has 1 amide bonds. The molecule has 34 heavy (non-hydrogen) atoms. The minimum Gasteiger partial charge on any atom is -0.488 e. The van der Waals surface area contributed by atoms with Crippen molar-refractivity contribution in [1.82, 2.24) is 5.32 Å². The fourth-order valence-electron chi connectivity index (χ4n) is 3.15. The summed E-state index contributed by atoms with van der Waals surface area (Å²) in [7, 11) is 0. The maximum atomic E-state index is 12.1. The number of hydrogen-bond acceptors (Lipinski definition) is 3. The molecule has 0 unspecified atom stereocenters. The van der Waals surface area contributed by atoms with Crippen molar-refractivity contribution in [3.63, 3.8) is 0 Å². The van der Waals surface area contributed by atoms with Crippen LogP contribution < -0.4 is 14.8 Å². The SMILES string of the molecule is CCC(C)(C)Oc1ccc(CCCCNC(=O)/C=C/c2ccccc2Cl)c(OC(C)(C)CC)c1. The van der Waals surface area contributed by atoms with Crippen LogP contribution in [0.3, 0.4) is 0 Å². The molecule has 1 N–H and O–H groups in total. The average Bonchev–Trinajstić information content (AvgIpc) is 2.79. The van der Waals surface area contributed by atoms with Crippen LogP contribution in [0.2, 0.25) is 5.02 Å². The molecule has 2 rings (SSSR count). The predicted octanol–water partition coefficient (Wildman–Crippen LogP) is 7.63. The van der Waals surface area contributed by atoms with E-state index in [9.17, 15) is 4.79 Å². The fraction of sp³-hybridized carbons (Fsp3) is 0.483. The van der Waals surface area contributed by atoms with Gasteiger partial charge in [0.2, 0.25) is 5.91 Å². The summed E-state index contributed by atoms with van der Waals surface area (Å²) < 4.78 is 12.6. The summed E-state index contributed by atoms with van der Waals surface area (Å²) in [5, 5.41) is 3.57. The van der Waals surface area contributed by atoms with Crippen LogP contribution in [0.4, 0.5) is 0 Å². The van der Waals surface area contributed by atoms with E-state index in [2.05, 4.69) is 52.9 Å². The molecule has 186 valence electrons. The first-order valence-corrected chi connectivity index (χ1v) is 12.6. The van der Waals surface area contributed by atoms with Gasteiger partial charge in [-0.05, 0) is 89.1 Å². The molecule has 0 saturated heterocycles. The molecule has 0 aliphatic carbocycles. The van der Waals surface area contributed by atoms with E-state index in [0.29, 0.717) is 11.6 Å². The summed E-state index contributed by atoms with van der Waals surface area (Å²) in [4.78, 5) is 12.1. The lowest BCUT2D eigenvalue weighted by atomic mass is 10.0. The topological polar surface area (TPSA) is 47.6 Å². The number of carbonyl (C=O) groups excluding carboxylic acids is 1. The largest absolute Gasteiger partial charge is 0.488 e. The van der Waals surface area contributed by atoms with E-state index in [-0.39, 0.29) is 17.1 Å². The molecule has 0 heterocycles. The first-order chi connectivity index (χ1) is 16.0. The molecule has 0 spiro atoms. The van der Waals surface area contributed by atoms with E-state index in [0.717, 1.165) is 54.7 Å². The maximum absolute atomic E-state index is 12.1. The lowest BCUT2D eigenvalue weighted by Crippen LogP contribution is -2.28. The molecule has 0 bridgehead atoms. The lowest BCUT2D eigenvalue weighted by Gasteiger charge is -2.29. The van der Waals surface area contributed by atoms with Gasteiger partial charge < -0.3 is 14.8 Å². The molecular formula is C29H40ClNO3. The van der Waals surface area contributed by atoms with Crippen molar-refractivity contribution < 1.29 is 14.3 Å². The zero-order valence-corrected chi connectivity index (χ0v) is 22.3. The zero-order valence-electron chi connectivity index (χ0n) is 21.5. The van der Waals surface area contributed by atoms with Crippen LogP contribution in [0, 0.1) is 0 Å². The first-order valence-electron chi connectivity index (χ1n) is 12.3. The van der Waals surface area contributed by atoms with Gasteiger partial charge in [0.05, 0.1) is 0 Å². The van der Waals surface area contributed by atoms with Gasteiger partial charge in [-0.3, -0.25) is 4.79 Å². The minimum atomic E-state index is -0.254. The number of ether oxygens (including phenoxy) is 2. The van der Waals surface area contributed by atoms with Crippen LogP contribution in [0.15, 0.2) is 48.5 Å². The Balaban J connectivity index is 1.92. The molecule has 0 atom stereocenters. The Bertz CT molecular complexity index is 966. The van der Waals surface area contributed by atoms with Crippen LogP contribution in [-0.2, 0) is 11.2 Å². The summed E-state index contributed by atoms with van der Waals surface area (Å²) in [6.45, 7) is 13.3. The molecule has 4 nitrogen and oxygen atoms in total. The van der Waals surface area contributed by atoms with Gasteiger partial charge in [-0.1, -0.05) is 49.7 Å². The predicted molar refractivity (Wildman–Crippen MR) is 143 cm³/mol. The summed E-state index contributed by atoms with van der Waals surface area (Å²) in [6, 6.07) is 13.6. The summed E-state index contributed by atoms with van der Waals surface area (Å²) >= 11 is 6.12. The average molecular weight is 486 g/mol. The third-order valence-corrected chi connectivity index (χ3v) is 6.36. The van der Waals surface area contributed by atoms with Gasteiger partial charge in [-0.25, -0.2) is 0 Å². The van der Waals surface area contributed by atoms with E-state index in [4.69, 9.17) is 21.1 Å². The number of aryl methyl sites for hydroxylation is 1.